The molecule has 0 aliphatic rings. The highest BCUT2D eigenvalue weighted by molar-refractivity contribution is 5.60. The normalized spacial score (nSPS) is 11.1. The molecule has 0 radical (unpaired) electrons. The van der Waals surface area contributed by atoms with Crippen LogP contribution in [0.15, 0.2) is 30.5 Å². The van der Waals surface area contributed by atoms with E-state index in [1.54, 1.807) is 18.3 Å². The Bertz CT molecular complexity index is 520. The minimum absolute atomic E-state index is 0.223. The molecule has 0 bridgehead atoms. The average molecular weight is 234 g/mol. The molecule has 1 aromatic heterocycles. The first-order chi connectivity index (χ1) is 8.13. The van der Waals surface area contributed by atoms with Crippen molar-refractivity contribution in [2.24, 2.45) is 0 Å². The maximum atomic E-state index is 13.6. The Kier molecular flexibility index (Phi) is 3.24. The Morgan fingerprint density at radius 2 is 2.12 bits per heavy atom. The van der Waals surface area contributed by atoms with Gasteiger partial charge in [0.25, 0.3) is 0 Å². The Labute approximate surface area is 99.5 Å². The first kappa shape index (κ1) is 11.8. The fourth-order valence-electron chi connectivity index (χ4n) is 1.79. The Balaban J connectivity index is 2.46. The SMILES string of the molecule is CC(C)n1nccc1-c1ccc(CO)c(F)c1. The highest BCUT2D eigenvalue weighted by Gasteiger charge is 2.10. The van der Waals surface area contributed by atoms with Crippen LogP contribution in [0.25, 0.3) is 11.3 Å². The maximum Gasteiger partial charge on any atom is 0.129 e. The van der Waals surface area contributed by atoms with Crippen LogP contribution in [0.2, 0.25) is 0 Å². The van der Waals surface area contributed by atoms with Gasteiger partial charge < -0.3 is 5.11 Å². The lowest BCUT2D eigenvalue weighted by Gasteiger charge is -2.11. The van der Waals surface area contributed by atoms with Crippen LogP contribution < -0.4 is 0 Å². The molecule has 0 saturated heterocycles. The van der Waals surface area contributed by atoms with Crippen LogP contribution in [-0.2, 0) is 6.61 Å². The Hall–Kier alpha value is -1.68. The van der Waals surface area contributed by atoms with E-state index < -0.39 is 0 Å². The van der Waals surface area contributed by atoms with E-state index in [1.807, 2.05) is 24.6 Å². The summed E-state index contributed by atoms with van der Waals surface area (Å²) in [6, 6.07) is 6.90. The summed E-state index contributed by atoms with van der Waals surface area (Å²) in [7, 11) is 0. The highest BCUT2D eigenvalue weighted by Crippen LogP contribution is 2.24. The standard InChI is InChI=1S/C13H15FN2O/c1-9(2)16-13(5-6-15-16)10-3-4-11(8-17)12(14)7-10/h3-7,9,17H,8H2,1-2H3. The van der Waals surface area contributed by atoms with E-state index in [1.165, 1.54) is 6.07 Å². The number of aliphatic hydroxyl groups excluding tert-OH is 1. The second kappa shape index (κ2) is 4.67. The number of rotatable bonds is 3. The molecule has 0 spiro atoms. The molecule has 17 heavy (non-hydrogen) atoms. The highest BCUT2D eigenvalue weighted by atomic mass is 19.1. The number of aromatic nitrogens is 2. The first-order valence-corrected chi connectivity index (χ1v) is 5.56. The predicted molar refractivity (Wildman–Crippen MR) is 63.9 cm³/mol. The van der Waals surface area contributed by atoms with Crippen LogP contribution in [0, 0.1) is 5.82 Å². The van der Waals surface area contributed by atoms with Crippen molar-refractivity contribution in [3.63, 3.8) is 0 Å². The number of hydrogen-bond donors (Lipinski definition) is 1. The number of hydrogen-bond acceptors (Lipinski definition) is 2. The number of aliphatic hydroxyl groups is 1. The molecular formula is C13H15FN2O. The van der Waals surface area contributed by atoms with Crippen LogP contribution in [0.4, 0.5) is 4.39 Å². The zero-order valence-corrected chi connectivity index (χ0v) is 9.89. The molecule has 0 saturated carbocycles. The van der Waals surface area contributed by atoms with Gasteiger partial charge in [0, 0.05) is 23.4 Å². The van der Waals surface area contributed by atoms with Crippen LogP contribution in [-0.4, -0.2) is 14.9 Å². The fraction of sp³-hybridized carbons (Fsp3) is 0.308. The molecule has 1 aromatic carbocycles. The van der Waals surface area contributed by atoms with E-state index in [9.17, 15) is 4.39 Å². The molecule has 0 amide bonds. The van der Waals surface area contributed by atoms with Crippen LogP contribution >= 0.6 is 0 Å². The van der Waals surface area contributed by atoms with E-state index in [0.717, 1.165) is 11.3 Å². The second-order valence-electron chi connectivity index (χ2n) is 4.22. The van der Waals surface area contributed by atoms with Gasteiger partial charge in [0.2, 0.25) is 0 Å². The molecule has 3 nitrogen and oxygen atoms in total. The van der Waals surface area contributed by atoms with Crippen LogP contribution in [0.3, 0.4) is 0 Å². The fourth-order valence-corrected chi connectivity index (χ4v) is 1.79. The molecule has 90 valence electrons. The molecule has 0 aliphatic carbocycles. The summed E-state index contributed by atoms with van der Waals surface area (Å²) < 4.78 is 15.4. The topological polar surface area (TPSA) is 38.0 Å². The number of nitrogens with zero attached hydrogens (tertiary/aromatic N) is 2. The van der Waals surface area contributed by atoms with Crippen molar-refractivity contribution < 1.29 is 9.50 Å². The Morgan fingerprint density at radius 1 is 1.35 bits per heavy atom. The van der Waals surface area contributed by atoms with Crippen molar-refractivity contribution in [2.45, 2.75) is 26.5 Å². The Morgan fingerprint density at radius 3 is 2.71 bits per heavy atom. The number of halogens is 1. The van der Waals surface area contributed by atoms with Gasteiger partial charge in [-0.25, -0.2) is 4.39 Å². The molecule has 0 unspecified atom stereocenters. The van der Waals surface area contributed by atoms with Gasteiger partial charge >= 0.3 is 0 Å². The minimum atomic E-state index is -0.387. The van der Waals surface area contributed by atoms with Gasteiger partial charge in [-0.15, -0.1) is 0 Å². The van der Waals surface area contributed by atoms with Crippen molar-refractivity contribution in [1.82, 2.24) is 9.78 Å². The summed E-state index contributed by atoms with van der Waals surface area (Å²) in [4.78, 5) is 0. The lowest BCUT2D eigenvalue weighted by molar-refractivity contribution is 0.276. The molecule has 1 N–H and O–H groups in total. The molecule has 4 heteroatoms. The quantitative estimate of drug-likeness (QED) is 0.886. The average Bonchev–Trinajstić information content (AvgIpc) is 2.77. The number of benzene rings is 1. The third kappa shape index (κ3) is 2.22. The van der Waals surface area contributed by atoms with Crippen molar-refractivity contribution in [3.05, 3.63) is 41.8 Å². The lowest BCUT2D eigenvalue weighted by atomic mass is 10.1. The summed E-state index contributed by atoms with van der Waals surface area (Å²) >= 11 is 0. The molecule has 2 rings (SSSR count). The van der Waals surface area contributed by atoms with E-state index in [0.29, 0.717) is 5.56 Å². The smallest absolute Gasteiger partial charge is 0.129 e. The third-order valence-electron chi connectivity index (χ3n) is 2.68. The van der Waals surface area contributed by atoms with Crippen molar-refractivity contribution >= 4 is 0 Å². The van der Waals surface area contributed by atoms with Gasteiger partial charge in [-0.05, 0) is 26.0 Å². The maximum absolute atomic E-state index is 13.6. The summed E-state index contributed by atoms with van der Waals surface area (Å²) in [6.07, 6.45) is 1.70. The van der Waals surface area contributed by atoms with Gasteiger partial charge in [-0.3, -0.25) is 4.68 Å². The van der Waals surface area contributed by atoms with Crippen molar-refractivity contribution in [2.75, 3.05) is 0 Å². The molecule has 0 fully saturated rings. The molecule has 0 atom stereocenters. The van der Waals surface area contributed by atoms with Gasteiger partial charge in [0.05, 0.1) is 12.3 Å². The molecule has 0 aliphatic heterocycles. The minimum Gasteiger partial charge on any atom is -0.392 e. The zero-order chi connectivity index (χ0) is 12.4. The van der Waals surface area contributed by atoms with Gasteiger partial charge in [0.15, 0.2) is 0 Å². The van der Waals surface area contributed by atoms with Crippen LogP contribution in [0.1, 0.15) is 25.5 Å². The first-order valence-electron chi connectivity index (χ1n) is 5.56. The van der Waals surface area contributed by atoms with E-state index in [-0.39, 0.29) is 18.5 Å². The molecule has 2 aromatic rings. The summed E-state index contributed by atoms with van der Waals surface area (Å²) in [5.41, 5.74) is 1.96. The van der Waals surface area contributed by atoms with Gasteiger partial charge in [0.1, 0.15) is 5.82 Å². The van der Waals surface area contributed by atoms with E-state index >= 15 is 0 Å². The molecule has 1 heterocycles. The second-order valence-corrected chi connectivity index (χ2v) is 4.22. The van der Waals surface area contributed by atoms with Crippen molar-refractivity contribution in [1.29, 1.82) is 0 Å². The van der Waals surface area contributed by atoms with E-state index in [2.05, 4.69) is 5.10 Å². The largest absolute Gasteiger partial charge is 0.392 e. The summed E-state index contributed by atoms with van der Waals surface area (Å²) in [5.74, 6) is -0.387. The van der Waals surface area contributed by atoms with Crippen molar-refractivity contribution in [3.8, 4) is 11.3 Å². The monoisotopic (exact) mass is 234 g/mol. The third-order valence-corrected chi connectivity index (χ3v) is 2.68. The van der Waals surface area contributed by atoms with Crippen LogP contribution in [0.5, 0.6) is 0 Å². The summed E-state index contributed by atoms with van der Waals surface area (Å²) in [5, 5.41) is 13.1. The van der Waals surface area contributed by atoms with E-state index in [4.69, 9.17) is 5.11 Å². The van der Waals surface area contributed by atoms with Gasteiger partial charge in [-0.1, -0.05) is 12.1 Å². The summed E-state index contributed by atoms with van der Waals surface area (Å²) in [6.45, 7) is 3.76. The predicted octanol–water partition coefficient (Wildman–Crippen LogP) is 2.76. The molecular weight excluding hydrogens is 219 g/mol. The van der Waals surface area contributed by atoms with Gasteiger partial charge in [-0.2, -0.15) is 5.10 Å². The zero-order valence-electron chi connectivity index (χ0n) is 9.89. The lowest BCUT2D eigenvalue weighted by Crippen LogP contribution is -2.04.